The Balaban J connectivity index is 1.57. The standard InChI is InChI=1S/C24H23ClN4O2/c1-16-5-10-20(13-18(16)14-26)27-21(30)15-29-23(31)22(17-6-8-19(25)9-7-17)28-24(29)11-3-2-4-12-24/h5-10,13H,2-4,11-12,15H2,1H3,(H,27,30). The molecule has 2 aromatic rings. The van der Waals surface area contributed by atoms with E-state index in [1.807, 2.05) is 6.92 Å². The van der Waals surface area contributed by atoms with Crippen molar-refractivity contribution in [2.24, 2.45) is 4.99 Å². The summed E-state index contributed by atoms with van der Waals surface area (Å²) >= 11 is 5.99. The zero-order valence-electron chi connectivity index (χ0n) is 17.3. The Kier molecular flexibility index (Phi) is 5.79. The fourth-order valence-corrected chi connectivity index (χ4v) is 4.44. The molecule has 158 valence electrons. The first kappa shape index (κ1) is 21.1. The molecule has 0 saturated heterocycles. The minimum Gasteiger partial charge on any atom is -0.325 e. The Bertz CT molecular complexity index is 1100. The summed E-state index contributed by atoms with van der Waals surface area (Å²) in [5.74, 6) is -0.542. The average molecular weight is 435 g/mol. The molecule has 1 spiro atoms. The van der Waals surface area contributed by atoms with Crippen molar-refractivity contribution >= 4 is 34.8 Å². The molecule has 1 fully saturated rings. The lowest BCUT2D eigenvalue weighted by Crippen LogP contribution is -2.51. The zero-order valence-corrected chi connectivity index (χ0v) is 18.1. The maximum atomic E-state index is 13.3. The highest BCUT2D eigenvalue weighted by Gasteiger charge is 2.48. The molecule has 1 aliphatic carbocycles. The number of aliphatic imine (C=N–C) groups is 1. The summed E-state index contributed by atoms with van der Waals surface area (Å²) < 4.78 is 0. The molecular formula is C24H23ClN4O2. The third-order valence-corrected chi connectivity index (χ3v) is 6.24. The molecular weight excluding hydrogens is 412 g/mol. The van der Waals surface area contributed by atoms with Gasteiger partial charge < -0.3 is 10.2 Å². The third-order valence-electron chi connectivity index (χ3n) is 5.99. The van der Waals surface area contributed by atoms with Gasteiger partial charge in [0.15, 0.2) is 0 Å². The maximum Gasteiger partial charge on any atom is 0.275 e. The first-order valence-corrected chi connectivity index (χ1v) is 10.8. The van der Waals surface area contributed by atoms with Crippen LogP contribution in [-0.4, -0.2) is 34.6 Å². The number of nitrogens with one attached hydrogen (secondary N) is 1. The van der Waals surface area contributed by atoms with Crippen LogP contribution < -0.4 is 5.32 Å². The van der Waals surface area contributed by atoms with E-state index in [1.54, 1.807) is 47.4 Å². The van der Waals surface area contributed by atoms with Crippen molar-refractivity contribution < 1.29 is 9.59 Å². The van der Waals surface area contributed by atoms with E-state index < -0.39 is 5.66 Å². The lowest BCUT2D eigenvalue weighted by molar-refractivity contribution is -0.134. The van der Waals surface area contributed by atoms with Crippen molar-refractivity contribution in [1.29, 1.82) is 5.26 Å². The van der Waals surface area contributed by atoms with Crippen LogP contribution in [0.2, 0.25) is 5.02 Å². The van der Waals surface area contributed by atoms with Gasteiger partial charge in [-0.15, -0.1) is 0 Å². The van der Waals surface area contributed by atoms with E-state index >= 15 is 0 Å². The van der Waals surface area contributed by atoms with E-state index in [1.165, 1.54) is 0 Å². The lowest BCUT2D eigenvalue weighted by atomic mass is 9.88. The highest BCUT2D eigenvalue weighted by Crippen LogP contribution is 2.39. The minimum atomic E-state index is -0.674. The van der Waals surface area contributed by atoms with E-state index in [4.69, 9.17) is 16.6 Å². The first-order valence-electron chi connectivity index (χ1n) is 10.4. The molecule has 2 aromatic carbocycles. The predicted molar refractivity (Wildman–Crippen MR) is 120 cm³/mol. The summed E-state index contributed by atoms with van der Waals surface area (Å²) in [4.78, 5) is 32.7. The number of hydrogen-bond donors (Lipinski definition) is 1. The van der Waals surface area contributed by atoms with Gasteiger partial charge in [-0.2, -0.15) is 5.26 Å². The van der Waals surface area contributed by atoms with Crippen LogP contribution in [-0.2, 0) is 9.59 Å². The molecule has 31 heavy (non-hydrogen) atoms. The van der Waals surface area contributed by atoms with Gasteiger partial charge in [-0.1, -0.05) is 36.2 Å². The Morgan fingerprint density at radius 3 is 2.58 bits per heavy atom. The Morgan fingerprint density at radius 1 is 1.19 bits per heavy atom. The normalized spacial score (nSPS) is 17.4. The van der Waals surface area contributed by atoms with Crippen molar-refractivity contribution in [1.82, 2.24) is 4.90 Å². The van der Waals surface area contributed by atoms with Gasteiger partial charge in [-0.25, -0.2) is 0 Å². The molecule has 1 aliphatic heterocycles. The number of amides is 2. The van der Waals surface area contributed by atoms with Crippen LogP contribution in [0.5, 0.6) is 0 Å². The van der Waals surface area contributed by atoms with Gasteiger partial charge in [0.2, 0.25) is 5.91 Å². The molecule has 2 amide bonds. The predicted octanol–water partition coefficient (Wildman–Crippen LogP) is 4.45. The number of aryl methyl sites for hydroxylation is 1. The van der Waals surface area contributed by atoms with Crippen molar-refractivity contribution in [3.8, 4) is 6.07 Å². The molecule has 1 saturated carbocycles. The summed E-state index contributed by atoms with van der Waals surface area (Å²) in [5, 5.41) is 12.6. The quantitative estimate of drug-likeness (QED) is 0.771. The molecule has 1 heterocycles. The van der Waals surface area contributed by atoms with Crippen LogP contribution in [0.15, 0.2) is 47.5 Å². The van der Waals surface area contributed by atoms with Gasteiger partial charge in [-0.3, -0.25) is 14.6 Å². The number of benzene rings is 2. The van der Waals surface area contributed by atoms with E-state index in [2.05, 4.69) is 11.4 Å². The summed E-state index contributed by atoms with van der Waals surface area (Å²) in [6, 6.07) is 14.4. The second kappa shape index (κ2) is 8.52. The molecule has 1 N–H and O–H groups in total. The van der Waals surface area contributed by atoms with Crippen LogP contribution in [0.25, 0.3) is 0 Å². The highest BCUT2D eigenvalue weighted by atomic mass is 35.5. The van der Waals surface area contributed by atoms with Crippen molar-refractivity contribution in [2.45, 2.75) is 44.7 Å². The van der Waals surface area contributed by atoms with E-state index in [0.29, 0.717) is 27.5 Å². The number of carbonyl (C=O) groups excluding carboxylic acids is 2. The monoisotopic (exact) mass is 434 g/mol. The van der Waals surface area contributed by atoms with E-state index in [9.17, 15) is 14.9 Å². The van der Waals surface area contributed by atoms with Crippen LogP contribution >= 0.6 is 11.6 Å². The number of nitriles is 1. The van der Waals surface area contributed by atoms with Crippen LogP contribution in [0.4, 0.5) is 5.69 Å². The smallest absolute Gasteiger partial charge is 0.275 e. The molecule has 0 aromatic heterocycles. The Labute approximate surface area is 186 Å². The lowest BCUT2D eigenvalue weighted by Gasteiger charge is -2.38. The fourth-order valence-electron chi connectivity index (χ4n) is 4.31. The molecule has 6 nitrogen and oxygen atoms in total. The van der Waals surface area contributed by atoms with Crippen molar-refractivity contribution in [2.75, 3.05) is 11.9 Å². The summed E-state index contributed by atoms with van der Waals surface area (Å²) in [5.41, 5.74) is 2.31. The average Bonchev–Trinajstić information content (AvgIpc) is 3.02. The van der Waals surface area contributed by atoms with Gasteiger partial charge >= 0.3 is 0 Å². The molecule has 0 atom stereocenters. The highest BCUT2D eigenvalue weighted by molar-refractivity contribution is 6.47. The number of anilines is 1. The second-order valence-electron chi connectivity index (χ2n) is 8.09. The molecule has 0 unspecified atom stereocenters. The van der Waals surface area contributed by atoms with Gasteiger partial charge in [0, 0.05) is 16.3 Å². The maximum absolute atomic E-state index is 13.3. The third kappa shape index (κ3) is 4.19. The SMILES string of the molecule is Cc1ccc(NC(=O)CN2C(=O)C(c3ccc(Cl)cc3)=NC23CCCCC3)cc1C#N. The number of carbonyl (C=O) groups is 2. The number of halogens is 1. The Morgan fingerprint density at radius 2 is 1.90 bits per heavy atom. The molecule has 7 heteroatoms. The molecule has 2 aliphatic rings. The first-order chi connectivity index (χ1) is 14.9. The fraction of sp³-hybridized carbons (Fsp3) is 0.333. The van der Waals surface area contributed by atoms with Gasteiger partial charge in [0.25, 0.3) is 5.91 Å². The van der Waals surface area contributed by atoms with Gasteiger partial charge in [0.05, 0.1) is 11.6 Å². The zero-order chi connectivity index (χ0) is 22.0. The topological polar surface area (TPSA) is 85.6 Å². The van der Waals surface area contributed by atoms with Crippen molar-refractivity contribution in [3.05, 3.63) is 64.2 Å². The summed E-state index contributed by atoms with van der Waals surface area (Å²) in [6.07, 6.45) is 4.51. The second-order valence-corrected chi connectivity index (χ2v) is 8.53. The number of rotatable bonds is 4. The van der Waals surface area contributed by atoms with Crippen LogP contribution in [0.3, 0.4) is 0 Å². The van der Waals surface area contributed by atoms with Crippen LogP contribution in [0.1, 0.15) is 48.8 Å². The number of nitrogens with zero attached hydrogens (tertiary/aromatic N) is 3. The molecule has 0 radical (unpaired) electrons. The Hall–Kier alpha value is -3.17. The molecule has 0 bridgehead atoms. The van der Waals surface area contributed by atoms with Crippen molar-refractivity contribution in [3.63, 3.8) is 0 Å². The molecule has 4 rings (SSSR count). The van der Waals surface area contributed by atoms with E-state index in [-0.39, 0.29) is 18.4 Å². The van der Waals surface area contributed by atoms with Crippen LogP contribution in [0, 0.1) is 18.3 Å². The summed E-state index contributed by atoms with van der Waals surface area (Å²) in [7, 11) is 0. The number of hydrogen-bond acceptors (Lipinski definition) is 4. The summed E-state index contributed by atoms with van der Waals surface area (Å²) in [6.45, 7) is 1.75. The van der Waals surface area contributed by atoms with E-state index in [0.717, 1.165) is 37.7 Å². The minimum absolute atomic E-state index is 0.0881. The van der Waals surface area contributed by atoms with Gasteiger partial charge in [-0.05, 0) is 62.4 Å². The largest absolute Gasteiger partial charge is 0.325 e. The van der Waals surface area contributed by atoms with Gasteiger partial charge in [0.1, 0.15) is 17.9 Å².